The number of ketones is 1. The first kappa shape index (κ1) is 21.2. The van der Waals surface area contributed by atoms with Crippen LogP contribution in [-0.2, 0) is 19.5 Å². The molecule has 0 radical (unpaired) electrons. The quantitative estimate of drug-likeness (QED) is 0.367. The van der Waals surface area contributed by atoms with Crippen LogP contribution in [0.25, 0.3) is 11.2 Å². The summed E-state index contributed by atoms with van der Waals surface area (Å²) in [5, 5.41) is 11.6. The van der Waals surface area contributed by atoms with Crippen LogP contribution >= 0.6 is 0 Å². The molecule has 0 N–H and O–H groups in total. The summed E-state index contributed by atoms with van der Waals surface area (Å²) in [4.78, 5) is 52.6. The minimum atomic E-state index is -1.06. The number of nitro groups is 1. The monoisotopic (exact) mass is 413 g/mol. The molecule has 0 saturated carbocycles. The molecule has 10 nitrogen and oxygen atoms in total. The Hall–Kier alpha value is -3.56. The summed E-state index contributed by atoms with van der Waals surface area (Å²) < 4.78 is 2.95. The van der Waals surface area contributed by atoms with Gasteiger partial charge in [0.1, 0.15) is 6.04 Å². The number of carbonyl (C=O) groups excluding carboxylic acids is 1. The lowest BCUT2D eigenvalue weighted by Gasteiger charge is -2.19. The fraction of sp³-hybridized carbons (Fsp3) is 0.400. The highest BCUT2D eigenvalue weighted by Crippen LogP contribution is 2.27. The summed E-state index contributed by atoms with van der Waals surface area (Å²) in [6, 6.07) is 5.95. The molecule has 1 atom stereocenters. The first-order valence-corrected chi connectivity index (χ1v) is 9.33. The summed E-state index contributed by atoms with van der Waals surface area (Å²) in [5.74, 6) is -1.07. The van der Waals surface area contributed by atoms with E-state index in [0.717, 1.165) is 19.3 Å². The van der Waals surface area contributed by atoms with Gasteiger partial charge in [-0.15, -0.1) is 0 Å². The van der Waals surface area contributed by atoms with Crippen LogP contribution in [0.5, 0.6) is 0 Å². The lowest BCUT2D eigenvalue weighted by Crippen LogP contribution is -2.37. The van der Waals surface area contributed by atoms with Gasteiger partial charge in [0.2, 0.25) is 5.65 Å². The Kier molecular flexibility index (Phi) is 4.97. The molecule has 0 spiro atoms. The summed E-state index contributed by atoms with van der Waals surface area (Å²) in [7, 11) is 2.64. The molecule has 3 aromatic rings. The Bertz CT molecular complexity index is 1290. The molecular formula is C20H23N5O5. The highest BCUT2D eigenvalue weighted by Gasteiger charge is 2.34. The van der Waals surface area contributed by atoms with Crippen molar-refractivity contribution in [2.75, 3.05) is 0 Å². The molecule has 0 aliphatic heterocycles. The van der Waals surface area contributed by atoms with E-state index in [1.807, 2.05) is 12.1 Å². The number of aromatic nitrogens is 4. The van der Waals surface area contributed by atoms with Crippen molar-refractivity contribution < 1.29 is 9.72 Å². The second kappa shape index (κ2) is 7.05. The van der Waals surface area contributed by atoms with E-state index in [-0.39, 0.29) is 16.6 Å². The van der Waals surface area contributed by atoms with E-state index in [9.17, 15) is 24.5 Å². The van der Waals surface area contributed by atoms with Crippen LogP contribution in [0, 0.1) is 10.1 Å². The topological polar surface area (TPSA) is 122 Å². The highest BCUT2D eigenvalue weighted by atomic mass is 16.6. The number of hydrogen-bond donors (Lipinski definition) is 0. The number of benzene rings is 1. The second-order valence-corrected chi connectivity index (χ2v) is 8.28. The normalized spacial score (nSPS) is 12.9. The third-order valence-corrected chi connectivity index (χ3v) is 5.23. The number of imidazole rings is 1. The third kappa shape index (κ3) is 3.23. The molecule has 30 heavy (non-hydrogen) atoms. The minimum Gasteiger partial charge on any atom is -0.390 e. The second-order valence-electron chi connectivity index (χ2n) is 8.28. The largest absolute Gasteiger partial charge is 0.437 e. The first-order chi connectivity index (χ1) is 13.9. The fourth-order valence-corrected chi connectivity index (χ4v) is 3.42. The van der Waals surface area contributed by atoms with Crippen molar-refractivity contribution in [2.24, 2.45) is 14.1 Å². The van der Waals surface area contributed by atoms with Crippen LogP contribution in [0.4, 0.5) is 5.95 Å². The van der Waals surface area contributed by atoms with Gasteiger partial charge in [-0.3, -0.25) is 18.7 Å². The van der Waals surface area contributed by atoms with Gasteiger partial charge in [0, 0.05) is 19.7 Å². The van der Waals surface area contributed by atoms with E-state index >= 15 is 0 Å². The first-order valence-electron chi connectivity index (χ1n) is 9.33. The predicted molar refractivity (Wildman–Crippen MR) is 111 cm³/mol. The molecule has 2 aromatic heterocycles. The standard InChI is InChI=1S/C20H23N5O5/c1-11(15(26)12-7-9-13(10-8-12)20(2,3)4)24-16-14(21-18(24)25(29)30)17(27)23(6)19(28)22(16)5/h7-11H,1-6H3/t11-/m1/s1. The van der Waals surface area contributed by atoms with E-state index in [2.05, 4.69) is 25.8 Å². The van der Waals surface area contributed by atoms with Gasteiger partial charge >= 0.3 is 17.2 Å². The van der Waals surface area contributed by atoms with E-state index in [1.165, 1.54) is 21.0 Å². The predicted octanol–water partition coefficient (Wildman–Crippen LogP) is 2.08. The Morgan fingerprint density at radius 2 is 1.67 bits per heavy atom. The van der Waals surface area contributed by atoms with E-state index in [0.29, 0.717) is 5.56 Å². The summed E-state index contributed by atoms with van der Waals surface area (Å²) in [5.41, 5.74) is -0.430. The minimum absolute atomic E-state index is 0.0676. The van der Waals surface area contributed by atoms with Gasteiger partial charge in [0.15, 0.2) is 5.78 Å². The van der Waals surface area contributed by atoms with Crippen molar-refractivity contribution in [3.63, 3.8) is 0 Å². The van der Waals surface area contributed by atoms with E-state index < -0.39 is 33.9 Å². The van der Waals surface area contributed by atoms with Crippen LogP contribution in [-0.4, -0.2) is 29.4 Å². The molecule has 0 aliphatic rings. The Labute approximate surface area is 171 Å². The molecule has 10 heteroatoms. The van der Waals surface area contributed by atoms with E-state index in [4.69, 9.17) is 0 Å². The maximum atomic E-state index is 13.1. The molecule has 3 rings (SSSR count). The number of fused-ring (bicyclic) bond motifs is 1. The van der Waals surface area contributed by atoms with Crippen molar-refractivity contribution >= 4 is 22.9 Å². The van der Waals surface area contributed by atoms with Crippen LogP contribution in [0.1, 0.15) is 49.7 Å². The van der Waals surface area contributed by atoms with Crippen LogP contribution < -0.4 is 11.2 Å². The molecule has 0 saturated heterocycles. The van der Waals surface area contributed by atoms with Crippen molar-refractivity contribution in [3.05, 3.63) is 66.3 Å². The lowest BCUT2D eigenvalue weighted by atomic mass is 9.86. The summed E-state index contributed by atoms with van der Waals surface area (Å²) in [6.45, 7) is 7.63. The maximum Gasteiger partial charge on any atom is 0.437 e. The Morgan fingerprint density at radius 1 is 1.10 bits per heavy atom. The van der Waals surface area contributed by atoms with Gasteiger partial charge in [0.25, 0.3) is 5.52 Å². The average molecular weight is 413 g/mol. The number of Topliss-reactive ketones (excluding diaryl/α,β-unsaturated/α-hetero) is 1. The van der Waals surface area contributed by atoms with Gasteiger partial charge in [-0.2, -0.15) is 4.57 Å². The number of carbonyl (C=O) groups is 1. The smallest absolute Gasteiger partial charge is 0.390 e. The number of rotatable bonds is 4. The zero-order chi connectivity index (χ0) is 22.5. The van der Waals surface area contributed by atoms with Crippen molar-refractivity contribution in [1.29, 1.82) is 0 Å². The number of nitrogens with zero attached hydrogens (tertiary/aromatic N) is 5. The molecule has 158 valence electrons. The SMILES string of the molecule is C[C@H](C(=O)c1ccc(C(C)(C)C)cc1)n1c([N+](=O)[O-])nc2c(=O)n(C)c(=O)n(C)c21. The maximum absolute atomic E-state index is 13.1. The number of hydrogen-bond acceptors (Lipinski definition) is 6. The Balaban J connectivity index is 2.21. The van der Waals surface area contributed by atoms with Gasteiger partial charge < -0.3 is 10.1 Å². The zero-order valence-corrected chi connectivity index (χ0v) is 17.7. The van der Waals surface area contributed by atoms with Gasteiger partial charge in [-0.25, -0.2) is 4.79 Å². The zero-order valence-electron chi connectivity index (χ0n) is 17.7. The van der Waals surface area contributed by atoms with Crippen LogP contribution in [0.15, 0.2) is 33.9 Å². The van der Waals surface area contributed by atoms with E-state index in [1.54, 1.807) is 12.1 Å². The average Bonchev–Trinajstić information content (AvgIpc) is 3.10. The summed E-state index contributed by atoms with van der Waals surface area (Å²) >= 11 is 0. The van der Waals surface area contributed by atoms with Crippen LogP contribution in [0.2, 0.25) is 0 Å². The molecule has 0 bridgehead atoms. The van der Waals surface area contributed by atoms with Crippen molar-refractivity contribution in [1.82, 2.24) is 18.7 Å². The molecule has 0 amide bonds. The third-order valence-electron chi connectivity index (χ3n) is 5.23. The fourth-order valence-electron chi connectivity index (χ4n) is 3.42. The van der Waals surface area contributed by atoms with Crippen molar-refractivity contribution in [2.45, 2.75) is 39.2 Å². The van der Waals surface area contributed by atoms with Crippen LogP contribution in [0.3, 0.4) is 0 Å². The van der Waals surface area contributed by atoms with Gasteiger partial charge in [-0.1, -0.05) is 50.0 Å². The highest BCUT2D eigenvalue weighted by molar-refractivity contribution is 5.99. The molecular weight excluding hydrogens is 390 g/mol. The molecule has 0 aliphatic carbocycles. The lowest BCUT2D eigenvalue weighted by molar-refractivity contribution is -0.396. The number of aryl methyl sites for hydroxylation is 1. The molecule has 0 fully saturated rings. The van der Waals surface area contributed by atoms with Crippen molar-refractivity contribution in [3.8, 4) is 0 Å². The molecule has 1 aromatic carbocycles. The molecule has 0 unspecified atom stereocenters. The van der Waals surface area contributed by atoms with Gasteiger partial charge in [-0.05, 0) is 22.8 Å². The molecule has 2 heterocycles. The van der Waals surface area contributed by atoms with Gasteiger partial charge in [0.05, 0.1) is 0 Å². The summed E-state index contributed by atoms with van der Waals surface area (Å²) in [6.07, 6.45) is 0. The Morgan fingerprint density at radius 3 is 2.17 bits per heavy atom.